The third-order valence-electron chi connectivity index (χ3n) is 4.79. The molecule has 6 heteroatoms. The Morgan fingerprint density at radius 2 is 1.89 bits per heavy atom. The fourth-order valence-corrected chi connectivity index (χ4v) is 3.56. The van der Waals surface area contributed by atoms with E-state index in [1.807, 2.05) is 59.3 Å². The maximum absolute atomic E-state index is 12.7. The maximum atomic E-state index is 12.7. The molecule has 2 aromatic carbocycles. The Morgan fingerprint density at radius 3 is 2.74 bits per heavy atom. The van der Waals surface area contributed by atoms with Gasteiger partial charge in [-0.15, -0.1) is 0 Å². The van der Waals surface area contributed by atoms with Crippen LogP contribution in [0.4, 0.5) is 0 Å². The number of hydrogen-bond acceptors (Lipinski definition) is 5. The molecule has 0 radical (unpaired) electrons. The van der Waals surface area contributed by atoms with Crippen molar-refractivity contribution in [2.24, 2.45) is 0 Å². The van der Waals surface area contributed by atoms with E-state index in [2.05, 4.69) is 10.1 Å². The molecule has 134 valence electrons. The maximum Gasteiger partial charge on any atom is 0.359 e. The first kappa shape index (κ1) is 15.8. The lowest BCUT2D eigenvalue weighted by molar-refractivity contribution is 0.0431. The smallest absolute Gasteiger partial charge is 0.359 e. The van der Waals surface area contributed by atoms with Gasteiger partial charge >= 0.3 is 5.97 Å². The van der Waals surface area contributed by atoms with Gasteiger partial charge in [0.2, 0.25) is 5.89 Å². The van der Waals surface area contributed by atoms with E-state index in [4.69, 9.17) is 9.15 Å². The summed E-state index contributed by atoms with van der Waals surface area (Å²) in [6.45, 7) is -0.0134. The highest BCUT2D eigenvalue weighted by Crippen LogP contribution is 2.28. The highest BCUT2D eigenvalue weighted by atomic mass is 16.5. The van der Waals surface area contributed by atoms with Crippen molar-refractivity contribution in [2.75, 3.05) is 0 Å². The molecule has 0 saturated heterocycles. The molecular formula is C21H17N3O3. The molecule has 27 heavy (non-hydrogen) atoms. The molecule has 2 heterocycles. The third-order valence-corrected chi connectivity index (χ3v) is 4.79. The predicted octanol–water partition coefficient (Wildman–Crippen LogP) is 3.86. The summed E-state index contributed by atoms with van der Waals surface area (Å²) in [5, 5.41) is 4.55. The Labute approximate surface area is 155 Å². The van der Waals surface area contributed by atoms with E-state index in [1.54, 1.807) is 0 Å². The van der Waals surface area contributed by atoms with Crippen molar-refractivity contribution < 1.29 is 13.9 Å². The molecule has 0 N–H and O–H groups in total. The monoisotopic (exact) mass is 359 g/mol. The quantitative estimate of drug-likeness (QED) is 0.518. The van der Waals surface area contributed by atoms with E-state index in [1.165, 1.54) is 0 Å². The second-order valence-electron chi connectivity index (χ2n) is 6.53. The van der Waals surface area contributed by atoms with Crippen molar-refractivity contribution in [3.05, 3.63) is 77.4 Å². The van der Waals surface area contributed by atoms with Gasteiger partial charge in [0.1, 0.15) is 5.52 Å². The van der Waals surface area contributed by atoms with E-state index in [-0.39, 0.29) is 6.61 Å². The van der Waals surface area contributed by atoms with E-state index in [9.17, 15) is 4.79 Å². The van der Waals surface area contributed by atoms with Gasteiger partial charge in [0.05, 0.1) is 5.69 Å². The minimum absolute atomic E-state index is 0.0134. The molecule has 4 aromatic rings. The molecule has 0 aliphatic heterocycles. The molecule has 0 amide bonds. The fraction of sp³-hybridized carbons (Fsp3) is 0.190. The molecular weight excluding hydrogens is 342 g/mol. The summed E-state index contributed by atoms with van der Waals surface area (Å²) in [5.74, 6) is -0.0613. The molecule has 0 spiro atoms. The van der Waals surface area contributed by atoms with Crippen LogP contribution < -0.4 is 0 Å². The summed E-state index contributed by atoms with van der Waals surface area (Å²) in [5.41, 5.74) is 4.85. The van der Waals surface area contributed by atoms with Crippen LogP contribution >= 0.6 is 0 Å². The number of fused-ring (bicyclic) bond motifs is 2. The highest BCUT2D eigenvalue weighted by molar-refractivity contribution is 5.89. The van der Waals surface area contributed by atoms with Crippen molar-refractivity contribution in [2.45, 2.75) is 25.9 Å². The van der Waals surface area contributed by atoms with Gasteiger partial charge in [0, 0.05) is 11.3 Å². The van der Waals surface area contributed by atoms with Gasteiger partial charge in [-0.2, -0.15) is 5.10 Å². The number of ether oxygens (including phenoxy) is 1. The fourth-order valence-electron chi connectivity index (χ4n) is 3.56. The first-order valence-electron chi connectivity index (χ1n) is 8.97. The van der Waals surface area contributed by atoms with Gasteiger partial charge in [-0.3, -0.25) is 0 Å². The molecule has 5 rings (SSSR count). The summed E-state index contributed by atoms with van der Waals surface area (Å²) < 4.78 is 12.9. The third kappa shape index (κ3) is 2.79. The molecule has 6 nitrogen and oxygen atoms in total. The van der Waals surface area contributed by atoms with Crippen LogP contribution in [0.3, 0.4) is 0 Å². The van der Waals surface area contributed by atoms with Crippen LogP contribution in [-0.4, -0.2) is 20.7 Å². The summed E-state index contributed by atoms with van der Waals surface area (Å²) in [7, 11) is 0. The van der Waals surface area contributed by atoms with Crippen molar-refractivity contribution in [1.82, 2.24) is 14.8 Å². The number of esters is 1. The Bertz CT molecular complexity index is 1100. The van der Waals surface area contributed by atoms with Crippen LogP contribution in [0.5, 0.6) is 0 Å². The summed E-state index contributed by atoms with van der Waals surface area (Å²) in [4.78, 5) is 17.0. The lowest BCUT2D eigenvalue weighted by Crippen LogP contribution is -2.09. The topological polar surface area (TPSA) is 70.2 Å². The van der Waals surface area contributed by atoms with Crippen molar-refractivity contribution >= 4 is 17.1 Å². The highest BCUT2D eigenvalue weighted by Gasteiger charge is 2.28. The normalized spacial score (nSPS) is 13.0. The van der Waals surface area contributed by atoms with Crippen LogP contribution in [-0.2, 0) is 24.2 Å². The van der Waals surface area contributed by atoms with Crippen molar-refractivity contribution in [1.29, 1.82) is 0 Å². The van der Waals surface area contributed by atoms with Crippen LogP contribution in [0.1, 0.15) is 34.1 Å². The van der Waals surface area contributed by atoms with Crippen LogP contribution in [0.2, 0.25) is 0 Å². The number of aromatic nitrogens is 3. The largest absolute Gasteiger partial charge is 0.451 e. The number of nitrogens with zero attached hydrogens (tertiary/aromatic N) is 3. The van der Waals surface area contributed by atoms with Gasteiger partial charge in [0.15, 0.2) is 17.9 Å². The Kier molecular flexibility index (Phi) is 3.74. The Hall–Kier alpha value is -3.41. The number of para-hydroxylation sites is 3. The molecule has 0 unspecified atom stereocenters. The Morgan fingerprint density at radius 1 is 1.07 bits per heavy atom. The lowest BCUT2D eigenvalue weighted by atomic mass is 10.2. The van der Waals surface area contributed by atoms with E-state index >= 15 is 0 Å². The predicted molar refractivity (Wildman–Crippen MR) is 98.7 cm³/mol. The van der Waals surface area contributed by atoms with E-state index < -0.39 is 5.97 Å². The van der Waals surface area contributed by atoms with Gasteiger partial charge in [-0.25, -0.2) is 14.5 Å². The van der Waals surface area contributed by atoms with Crippen LogP contribution in [0, 0.1) is 0 Å². The molecule has 0 fully saturated rings. The van der Waals surface area contributed by atoms with Crippen LogP contribution in [0.15, 0.2) is 59.0 Å². The number of rotatable bonds is 4. The molecule has 0 saturated carbocycles. The van der Waals surface area contributed by atoms with Gasteiger partial charge in [0.25, 0.3) is 0 Å². The van der Waals surface area contributed by atoms with Gasteiger partial charge in [-0.1, -0.05) is 30.3 Å². The molecule has 0 bridgehead atoms. The second-order valence-corrected chi connectivity index (χ2v) is 6.53. The number of carbonyl (C=O) groups is 1. The molecule has 1 aliphatic rings. The number of hydrogen-bond donors (Lipinski definition) is 0. The number of carbonyl (C=O) groups excluding carboxylic acids is 1. The van der Waals surface area contributed by atoms with Crippen molar-refractivity contribution in [3.63, 3.8) is 0 Å². The van der Waals surface area contributed by atoms with Gasteiger partial charge < -0.3 is 9.15 Å². The van der Waals surface area contributed by atoms with Crippen molar-refractivity contribution in [3.8, 4) is 5.69 Å². The minimum Gasteiger partial charge on any atom is -0.451 e. The average molecular weight is 359 g/mol. The summed E-state index contributed by atoms with van der Waals surface area (Å²) >= 11 is 0. The summed E-state index contributed by atoms with van der Waals surface area (Å²) in [6, 6.07) is 17.3. The zero-order valence-corrected chi connectivity index (χ0v) is 14.6. The number of oxazole rings is 1. The minimum atomic E-state index is -0.440. The average Bonchev–Trinajstić information content (AvgIpc) is 3.41. The first-order chi connectivity index (χ1) is 13.3. The van der Waals surface area contributed by atoms with Crippen LogP contribution in [0.25, 0.3) is 16.8 Å². The molecule has 0 atom stereocenters. The van der Waals surface area contributed by atoms with Gasteiger partial charge in [-0.05, 0) is 43.5 Å². The molecule has 1 aliphatic carbocycles. The zero-order chi connectivity index (χ0) is 18.2. The standard InChI is InChI=1S/C21H17N3O3/c25-21(26-13-19-22-16-10-4-5-12-18(16)27-19)20-15-9-6-11-17(15)24(23-20)14-7-2-1-3-8-14/h1-5,7-8,10,12H,6,9,11,13H2. The SMILES string of the molecule is O=C(OCc1nc2ccccc2o1)c1nn(-c2ccccc2)c2c1CCC2. The molecule has 2 aromatic heterocycles. The number of benzene rings is 2. The lowest BCUT2D eigenvalue weighted by Gasteiger charge is -2.04. The zero-order valence-electron chi connectivity index (χ0n) is 14.6. The summed E-state index contributed by atoms with van der Waals surface area (Å²) in [6.07, 6.45) is 2.77. The Balaban J connectivity index is 1.40. The first-order valence-corrected chi connectivity index (χ1v) is 8.97. The second kappa shape index (κ2) is 6.39. The van der Waals surface area contributed by atoms with E-state index in [0.29, 0.717) is 17.2 Å². The van der Waals surface area contributed by atoms with E-state index in [0.717, 1.165) is 41.7 Å².